The van der Waals surface area contributed by atoms with Crippen LogP contribution >= 0.6 is 0 Å². The molecule has 0 fully saturated rings. The summed E-state index contributed by atoms with van der Waals surface area (Å²) >= 11 is 0. The van der Waals surface area contributed by atoms with Crippen LogP contribution in [0.2, 0.25) is 0 Å². The van der Waals surface area contributed by atoms with Crippen LogP contribution < -0.4 is 5.32 Å². The number of aromatic amines is 1. The van der Waals surface area contributed by atoms with Crippen LogP contribution in [0.25, 0.3) is 11.4 Å². The lowest BCUT2D eigenvalue weighted by molar-refractivity contribution is -0.138. The molecule has 3 amide bonds. The van der Waals surface area contributed by atoms with E-state index < -0.39 is 6.04 Å². The monoisotopic (exact) mass is 535 g/mol. The molecule has 3 aromatic heterocycles. The second-order valence-electron chi connectivity index (χ2n) is 10.4. The number of H-pyrrole nitrogens is 1. The van der Waals surface area contributed by atoms with E-state index in [9.17, 15) is 14.4 Å². The van der Waals surface area contributed by atoms with Crippen molar-refractivity contribution in [2.75, 3.05) is 20.1 Å². The lowest BCUT2D eigenvalue weighted by atomic mass is 10.0. The minimum Gasteiger partial charge on any atom is -0.344 e. The van der Waals surface area contributed by atoms with E-state index in [1.807, 2.05) is 25.1 Å². The molecule has 4 heterocycles. The van der Waals surface area contributed by atoms with E-state index in [1.165, 1.54) is 4.90 Å². The molecule has 1 aliphatic rings. The molecule has 0 aliphatic carbocycles. The summed E-state index contributed by atoms with van der Waals surface area (Å²) in [5.74, 6) is 0.890. The summed E-state index contributed by atoms with van der Waals surface area (Å²) in [5, 5.41) is 14.8. The van der Waals surface area contributed by atoms with Crippen LogP contribution in [-0.4, -0.2) is 83.6 Å². The van der Waals surface area contributed by atoms with Crippen LogP contribution in [-0.2, 0) is 16.1 Å². The zero-order valence-corrected chi connectivity index (χ0v) is 23.2. The fourth-order valence-electron chi connectivity index (χ4n) is 4.65. The maximum atomic E-state index is 13.6. The molecule has 2 N–H and O–H groups in total. The minimum atomic E-state index is -0.652. The Morgan fingerprint density at radius 3 is 2.67 bits per heavy atom. The standard InChI is InChI=1S/C27H37N9O3/c1-17(2)15-22-25-29-19(4)33-36(25)14-13-35(12-8-10-24(37)34(5)18(3)26(38)30-22)27(39)23-16-21(31-32-23)20-9-6-7-11-28-20/h6-7,9,11,16-18,22H,8,10,12-15H2,1-5H3,(H,30,38)(H,31,32)/t18-,22+/m0/s1. The van der Waals surface area contributed by atoms with Crippen LogP contribution in [0.1, 0.15) is 68.2 Å². The molecule has 0 radical (unpaired) electrons. The number of carbonyl (C=O) groups excluding carboxylic acids is 3. The Balaban J connectivity index is 1.63. The summed E-state index contributed by atoms with van der Waals surface area (Å²) in [6.07, 6.45) is 2.99. The van der Waals surface area contributed by atoms with Crippen molar-refractivity contribution in [1.82, 2.24) is 45.1 Å². The Morgan fingerprint density at radius 2 is 1.95 bits per heavy atom. The van der Waals surface area contributed by atoms with E-state index in [-0.39, 0.29) is 36.1 Å². The zero-order chi connectivity index (χ0) is 28.1. The third kappa shape index (κ3) is 6.68. The number of nitrogens with one attached hydrogen (secondary N) is 2. The first-order valence-electron chi connectivity index (χ1n) is 13.4. The topological polar surface area (TPSA) is 142 Å². The van der Waals surface area contributed by atoms with Crippen LogP contribution in [0.15, 0.2) is 30.5 Å². The van der Waals surface area contributed by atoms with Crippen molar-refractivity contribution in [3.8, 4) is 11.4 Å². The second kappa shape index (κ2) is 12.2. The molecule has 12 nitrogen and oxygen atoms in total. The first-order chi connectivity index (χ1) is 18.6. The van der Waals surface area contributed by atoms with Gasteiger partial charge in [0.25, 0.3) is 5.91 Å². The second-order valence-corrected chi connectivity index (χ2v) is 10.4. The van der Waals surface area contributed by atoms with E-state index in [2.05, 4.69) is 44.4 Å². The van der Waals surface area contributed by atoms with Crippen LogP contribution in [0.5, 0.6) is 0 Å². The number of hydrogen-bond donors (Lipinski definition) is 2. The van der Waals surface area contributed by atoms with Gasteiger partial charge >= 0.3 is 0 Å². The highest BCUT2D eigenvalue weighted by atomic mass is 16.2. The maximum absolute atomic E-state index is 13.6. The van der Waals surface area contributed by atoms with Gasteiger partial charge in [-0.05, 0) is 50.8 Å². The predicted octanol–water partition coefficient (Wildman–Crippen LogP) is 2.36. The molecule has 12 heteroatoms. The van der Waals surface area contributed by atoms with Gasteiger partial charge in [-0.1, -0.05) is 19.9 Å². The normalized spacial score (nSPS) is 19.5. The van der Waals surface area contributed by atoms with Crippen LogP contribution in [0, 0.1) is 12.8 Å². The fourth-order valence-corrected chi connectivity index (χ4v) is 4.65. The molecule has 0 saturated carbocycles. The Labute approximate surface area is 228 Å². The number of nitrogens with zero attached hydrogens (tertiary/aromatic N) is 7. The summed E-state index contributed by atoms with van der Waals surface area (Å²) in [6, 6.07) is 6.16. The molecule has 0 bridgehead atoms. The molecule has 0 aromatic carbocycles. The third-order valence-electron chi connectivity index (χ3n) is 6.92. The summed E-state index contributed by atoms with van der Waals surface area (Å²) in [5.41, 5.74) is 1.58. The first-order valence-corrected chi connectivity index (χ1v) is 13.4. The number of pyridine rings is 1. The van der Waals surface area contributed by atoms with E-state index >= 15 is 0 Å². The molecule has 208 valence electrons. The van der Waals surface area contributed by atoms with Crippen molar-refractivity contribution < 1.29 is 14.4 Å². The van der Waals surface area contributed by atoms with Gasteiger partial charge in [-0.3, -0.25) is 24.5 Å². The smallest absolute Gasteiger partial charge is 0.271 e. The van der Waals surface area contributed by atoms with Gasteiger partial charge in [0.15, 0.2) is 0 Å². The number of fused-ring (bicyclic) bond motifs is 1. The molecule has 2 atom stereocenters. The van der Waals surface area contributed by atoms with Crippen molar-refractivity contribution in [3.63, 3.8) is 0 Å². The van der Waals surface area contributed by atoms with Crippen molar-refractivity contribution in [2.24, 2.45) is 5.92 Å². The number of likely N-dealkylation sites (N-methyl/N-ethyl adjacent to an activating group) is 1. The molecular weight excluding hydrogens is 498 g/mol. The molecule has 0 saturated heterocycles. The molecule has 1 aliphatic heterocycles. The molecule has 3 aromatic rings. The quantitative estimate of drug-likeness (QED) is 0.522. The molecule has 39 heavy (non-hydrogen) atoms. The molecule has 0 spiro atoms. The summed E-state index contributed by atoms with van der Waals surface area (Å²) in [4.78, 5) is 51.7. The lowest BCUT2D eigenvalue weighted by Gasteiger charge is -2.29. The van der Waals surface area contributed by atoms with Gasteiger partial charge in [0, 0.05) is 32.8 Å². The highest BCUT2D eigenvalue weighted by Crippen LogP contribution is 2.22. The van der Waals surface area contributed by atoms with Crippen molar-refractivity contribution >= 4 is 17.7 Å². The first kappa shape index (κ1) is 27.9. The largest absolute Gasteiger partial charge is 0.344 e. The van der Waals surface area contributed by atoms with Crippen molar-refractivity contribution in [1.29, 1.82) is 0 Å². The number of aryl methyl sites for hydroxylation is 1. The summed E-state index contributed by atoms with van der Waals surface area (Å²) in [7, 11) is 1.63. The van der Waals surface area contributed by atoms with E-state index in [4.69, 9.17) is 0 Å². The highest BCUT2D eigenvalue weighted by Gasteiger charge is 2.29. The van der Waals surface area contributed by atoms with Crippen LogP contribution in [0.4, 0.5) is 0 Å². The SMILES string of the molecule is Cc1nc2n(n1)CCN(C(=O)c1cc(-c3ccccn3)n[nH]1)CCCC(=O)N(C)[C@@H](C)C(=O)N[C@@H]2CC(C)C. The Morgan fingerprint density at radius 1 is 1.15 bits per heavy atom. The number of hydrogen-bond acceptors (Lipinski definition) is 7. The molecule has 4 rings (SSSR count). The summed E-state index contributed by atoms with van der Waals surface area (Å²) in [6.45, 7) is 8.77. The summed E-state index contributed by atoms with van der Waals surface area (Å²) < 4.78 is 1.78. The number of aromatic nitrogens is 6. The zero-order valence-electron chi connectivity index (χ0n) is 23.2. The van der Waals surface area contributed by atoms with Gasteiger partial charge in [0.1, 0.15) is 29.1 Å². The Kier molecular flexibility index (Phi) is 8.72. The van der Waals surface area contributed by atoms with Gasteiger partial charge in [-0.15, -0.1) is 0 Å². The Hall–Kier alpha value is -4.09. The number of amides is 3. The van der Waals surface area contributed by atoms with E-state index in [0.29, 0.717) is 61.2 Å². The van der Waals surface area contributed by atoms with Crippen LogP contribution in [0.3, 0.4) is 0 Å². The third-order valence-corrected chi connectivity index (χ3v) is 6.92. The van der Waals surface area contributed by atoms with Crippen molar-refractivity contribution in [3.05, 3.63) is 47.8 Å². The van der Waals surface area contributed by atoms with Crippen molar-refractivity contribution in [2.45, 2.75) is 65.6 Å². The van der Waals surface area contributed by atoms with Gasteiger partial charge in [0.2, 0.25) is 11.8 Å². The maximum Gasteiger partial charge on any atom is 0.271 e. The molecular formula is C27H37N9O3. The lowest BCUT2D eigenvalue weighted by Crippen LogP contribution is -2.47. The number of carbonyl (C=O) groups is 3. The molecule has 0 unspecified atom stereocenters. The van der Waals surface area contributed by atoms with E-state index in [0.717, 1.165) is 0 Å². The van der Waals surface area contributed by atoms with E-state index in [1.54, 1.807) is 35.8 Å². The van der Waals surface area contributed by atoms with Gasteiger partial charge in [0.05, 0.1) is 18.3 Å². The number of rotatable bonds is 4. The predicted molar refractivity (Wildman–Crippen MR) is 144 cm³/mol. The Bertz CT molecular complexity index is 1300. The van der Waals surface area contributed by atoms with Gasteiger partial charge < -0.3 is 15.1 Å². The highest BCUT2D eigenvalue weighted by molar-refractivity contribution is 5.93. The fraction of sp³-hybridized carbons (Fsp3) is 0.519. The van der Waals surface area contributed by atoms with Gasteiger partial charge in [-0.25, -0.2) is 9.67 Å². The average Bonchev–Trinajstić information content (AvgIpc) is 3.55. The minimum absolute atomic E-state index is 0.152. The van der Waals surface area contributed by atoms with Gasteiger partial charge in [-0.2, -0.15) is 10.2 Å². The average molecular weight is 536 g/mol.